The summed E-state index contributed by atoms with van der Waals surface area (Å²) in [6.07, 6.45) is 1.96. The maximum absolute atomic E-state index is 13.2. The molecule has 10 heteroatoms. The zero-order valence-corrected chi connectivity index (χ0v) is 18.5. The van der Waals surface area contributed by atoms with Crippen LogP contribution in [0.15, 0.2) is 52.2 Å². The zero-order valence-electron chi connectivity index (χ0n) is 16.9. The molecule has 1 aliphatic heterocycles. The third-order valence-electron chi connectivity index (χ3n) is 5.12. The Hall–Kier alpha value is -2.40. The lowest BCUT2D eigenvalue weighted by Crippen LogP contribution is -2.48. The van der Waals surface area contributed by atoms with Crippen molar-refractivity contribution >= 4 is 21.4 Å². The molecule has 0 aliphatic carbocycles. The number of hydrogen-bond donors (Lipinski definition) is 0. The summed E-state index contributed by atoms with van der Waals surface area (Å²) in [6, 6.07) is 8.86. The average Bonchev–Trinajstić information content (AvgIpc) is 3.45. The fourth-order valence-electron chi connectivity index (χ4n) is 3.45. The molecule has 2 aromatic heterocycles. The van der Waals surface area contributed by atoms with Crippen LogP contribution in [0.3, 0.4) is 0 Å². The van der Waals surface area contributed by atoms with E-state index >= 15 is 0 Å². The van der Waals surface area contributed by atoms with Crippen molar-refractivity contribution in [2.45, 2.75) is 11.6 Å². The predicted octanol–water partition coefficient (Wildman–Crippen LogP) is 2.59. The zero-order chi connectivity index (χ0) is 21.1. The van der Waals surface area contributed by atoms with Gasteiger partial charge >= 0.3 is 0 Å². The van der Waals surface area contributed by atoms with Gasteiger partial charge in [0.15, 0.2) is 0 Å². The lowest BCUT2D eigenvalue weighted by Gasteiger charge is -2.34. The van der Waals surface area contributed by atoms with Gasteiger partial charge in [-0.05, 0) is 29.6 Å². The first-order chi connectivity index (χ1) is 14.5. The van der Waals surface area contributed by atoms with Crippen molar-refractivity contribution in [1.29, 1.82) is 0 Å². The third kappa shape index (κ3) is 4.22. The number of rotatable bonds is 7. The van der Waals surface area contributed by atoms with Gasteiger partial charge in [0.05, 0.1) is 26.6 Å². The Morgan fingerprint density at radius 1 is 1.07 bits per heavy atom. The molecule has 1 saturated heterocycles. The quantitative estimate of drug-likeness (QED) is 0.553. The van der Waals surface area contributed by atoms with Crippen molar-refractivity contribution in [2.75, 3.05) is 40.4 Å². The summed E-state index contributed by atoms with van der Waals surface area (Å²) in [5.41, 5.74) is 2.06. The molecular weight excluding hydrogens is 424 g/mol. The van der Waals surface area contributed by atoms with Crippen LogP contribution in [-0.2, 0) is 16.7 Å². The molecule has 0 saturated carbocycles. The van der Waals surface area contributed by atoms with E-state index in [-0.39, 0.29) is 4.90 Å². The summed E-state index contributed by atoms with van der Waals surface area (Å²) in [6.45, 7) is 2.68. The summed E-state index contributed by atoms with van der Waals surface area (Å²) in [4.78, 5) is 2.32. The number of aromatic nitrogens is 2. The molecule has 0 radical (unpaired) electrons. The average molecular weight is 449 g/mol. The Morgan fingerprint density at radius 2 is 1.87 bits per heavy atom. The molecule has 30 heavy (non-hydrogen) atoms. The number of methoxy groups -OCH3 is 2. The largest absolute Gasteiger partial charge is 0.497 e. The molecule has 4 rings (SSSR count). The van der Waals surface area contributed by atoms with Gasteiger partial charge in [-0.3, -0.25) is 9.58 Å². The number of thiophene rings is 1. The first kappa shape index (κ1) is 20.9. The van der Waals surface area contributed by atoms with Gasteiger partial charge in [-0.15, -0.1) is 0 Å². The van der Waals surface area contributed by atoms with E-state index in [9.17, 15) is 8.42 Å². The van der Waals surface area contributed by atoms with Crippen LogP contribution in [0.4, 0.5) is 0 Å². The highest BCUT2D eigenvalue weighted by Gasteiger charge is 2.31. The third-order valence-corrected chi connectivity index (χ3v) is 7.73. The van der Waals surface area contributed by atoms with Gasteiger partial charge in [-0.25, -0.2) is 8.42 Å². The normalized spacial score (nSPS) is 15.9. The Morgan fingerprint density at radius 3 is 2.53 bits per heavy atom. The molecule has 160 valence electrons. The van der Waals surface area contributed by atoms with E-state index in [0.717, 1.165) is 11.3 Å². The van der Waals surface area contributed by atoms with E-state index < -0.39 is 10.0 Å². The van der Waals surface area contributed by atoms with Gasteiger partial charge in [0, 0.05) is 49.4 Å². The summed E-state index contributed by atoms with van der Waals surface area (Å²) < 4.78 is 40.2. The molecule has 1 aromatic carbocycles. The first-order valence-electron chi connectivity index (χ1n) is 9.52. The second-order valence-electron chi connectivity index (χ2n) is 6.93. The van der Waals surface area contributed by atoms with Gasteiger partial charge < -0.3 is 9.47 Å². The second kappa shape index (κ2) is 8.76. The number of piperazine rings is 1. The van der Waals surface area contributed by atoms with Crippen molar-refractivity contribution in [3.05, 3.63) is 47.3 Å². The van der Waals surface area contributed by atoms with Gasteiger partial charge in [0.25, 0.3) is 0 Å². The van der Waals surface area contributed by atoms with Gasteiger partial charge in [0.2, 0.25) is 10.0 Å². The molecule has 3 aromatic rings. The standard InChI is InChI=1S/C20H24N4O4S2/c1-27-17-3-4-19(28-2)20(13-17)30(25,26)24-10-8-22(9-11-24)15-23-7-5-18(21-23)16-6-12-29-14-16/h3-7,12-14H,8-11,15H2,1-2H3. The highest BCUT2D eigenvalue weighted by molar-refractivity contribution is 7.89. The molecule has 1 aliphatic rings. The number of benzene rings is 1. The summed E-state index contributed by atoms with van der Waals surface area (Å²) in [5.74, 6) is 0.795. The van der Waals surface area contributed by atoms with Crippen molar-refractivity contribution in [3.63, 3.8) is 0 Å². The Labute approximate surface area is 180 Å². The van der Waals surface area contributed by atoms with E-state index in [0.29, 0.717) is 44.3 Å². The predicted molar refractivity (Wildman–Crippen MR) is 115 cm³/mol. The lowest BCUT2D eigenvalue weighted by atomic mass is 10.2. The van der Waals surface area contributed by atoms with Crippen LogP contribution in [0.25, 0.3) is 11.3 Å². The Kier molecular flexibility index (Phi) is 6.09. The minimum atomic E-state index is -3.68. The highest BCUT2D eigenvalue weighted by atomic mass is 32.2. The highest BCUT2D eigenvalue weighted by Crippen LogP contribution is 2.31. The van der Waals surface area contributed by atoms with E-state index in [4.69, 9.17) is 9.47 Å². The smallest absolute Gasteiger partial charge is 0.246 e. The molecule has 0 amide bonds. The molecule has 1 fully saturated rings. The SMILES string of the molecule is COc1ccc(OC)c(S(=O)(=O)N2CCN(Cn3ccc(-c4ccsc4)n3)CC2)c1. The second-order valence-corrected chi connectivity index (χ2v) is 9.62. The van der Waals surface area contributed by atoms with E-state index in [1.165, 1.54) is 24.6 Å². The molecule has 0 atom stereocenters. The van der Waals surface area contributed by atoms with Crippen molar-refractivity contribution < 1.29 is 17.9 Å². The number of nitrogens with zero attached hydrogens (tertiary/aromatic N) is 4. The fourth-order valence-corrected chi connectivity index (χ4v) is 5.69. The van der Waals surface area contributed by atoms with E-state index in [2.05, 4.69) is 15.4 Å². The topological polar surface area (TPSA) is 76.9 Å². The summed E-state index contributed by atoms with van der Waals surface area (Å²) >= 11 is 1.65. The number of sulfonamides is 1. The molecular formula is C20H24N4O4S2. The van der Waals surface area contributed by atoms with Gasteiger partial charge in [0.1, 0.15) is 16.4 Å². The fraction of sp³-hybridized carbons (Fsp3) is 0.350. The minimum absolute atomic E-state index is 0.130. The van der Waals surface area contributed by atoms with Crippen LogP contribution in [0.2, 0.25) is 0 Å². The van der Waals surface area contributed by atoms with Crippen molar-refractivity contribution in [3.8, 4) is 22.8 Å². The first-order valence-corrected chi connectivity index (χ1v) is 11.9. The lowest BCUT2D eigenvalue weighted by molar-refractivity contribution is 0.146. The minimum Gasteiger partial charge on any atom is -0.497 e. The van der Waals surface area contributed by atoms with E-state index in [1.54, 1.807) is 23.5 Å². The maximum Gasteiger partial charge on any atom is 0.246 e. The Bertz CT molecular complexity index is 1090. The monoisotopic (exact) mass is 448 g/mol. The number of hydrogen-bond acceptors (Lipinski definition) is 7. The molecule has 0 spiro atoms. The van der Waals surface area contributed by atoms with Crippen LogP contribution in [0.5, 0.6) is 11.5 Å². The van der Waals surface area contributed by atoms with Crippen LogP contribution >= 0.6 is 11.3 Å². The molecule has 0 unspecified atom stereocenters. The summed E-state index contributed by atoms with van der Waals surface area (Å²) in [5, 5.41) is 8.73. The van der Waals surface area contributed by atoms with Crippen molar-refractivity contribution in [2.24, 2.45) is 0 Å². The van der Waals surface area contributed by atoms with Crippen LogP contribution in [-0.4, -0.2) is 67.8 Å². The van der Waals surface area contributed by atoms with Gasteiger partial charge in [-0.1, -0.05) is 0 Å². The van der Waals surface area contributed by atoms with Gasteiger partial charge in [-0.2, -0.15) is 20.7 Å². The van der Waals surface area contributed by atoms with Crippen LogP contribution in [0.1, 0.15) is 0 Å². The van der Waals surface area contributed by atoms with Crippen LogP contribution in [0, 0.1) is 0 Å². The van der Waals surface area contributed by atoms with E-state index in [1.807, 2.05) is 28.4 Å². The number of ether oxygens (including phenoxy) is 2. The molecule has 8 nitrogen and oxygen atoms in total. The maximum atomic E-state index is 13.2. The molecule has 0 N–H and O–H groups in total. The summed E-state index contributed by atoms with van der Waals surface area (Å²) in [7, 11) is -0.703. The Balaban J connectivity index is 1.42. The molecule has 0 bridgehead atoms. The molecule has 3 heterocycles. The van der Waals surface area contributed by atoms with Crippen molar-refractivity contribution in [1.82, 2.24) is 19.0 Å². The van der Waals surface area contributed by atoms with Crippen LogP contribution < -0.4 is 9.47 Å².